The maximum absolute atomic E-state index is 12.4. The van der Waals surface area contributed by atoms with Gasteiger partial charge in [0.1, 0.15) is 11.5 Å². The Labute approximate surface area is 152 Å². The lowest BCUT2D eigenvalue weighted by molar-refractivity contribution is -0.119. The van der Waals surface area contributed by atoms with E-state index in [1.165, 1.54) is 6.08 Å². The number of nitrogens with one attached hydrogen (secondary N) is 2. The van der Waals surface area contributed by atoms with Crippen molar-refractivity contribution in [3.8, 4) is 11.5 Å². The molecule has 0 aliphatic heterocycles. The van der Waals surface area contributed by atoms with Crippen LogP contribution in [-0.2, 0) is 9.59 Å². The summed E-state index contributed by atoms with van der Waals surface area (Å²) in [4.78, 5) is 23.7. The molecular weight excluding hydrogens is 328 g/mol. The van der Waals surface area contributed by atoms with Gasteiger partial charge in [0.05, 0.1) is 5.92 Å². The number of benzene rings is 2. The van der Waals surface area contributed by atoms with Crippen molar-refractivity contribution < 1.29 is 14.3 Å². The average Bonchev–Trinajstić information content (AvgIpc) is 3.12. The number of hydrogen-bond donors (Lipinski definition) is 2. The molecule has 0 saturated heterocycles. The van der Waals surface area contributed by atoms with Gasteiger partial charge in [0.25, 0.3) is 0 Å². The molecule has 5 nitrogen and oxygen atoms in total. The number of para-hydroxylation sites is 1. The fraction of sp³-hybridized carbons (Fsp3) is 0.143. The first-order valence-corrected chi connectivity index (χ1v) is 8.39. The van der Waals surface area contributed by atoms with E-state index in [2.05, 4.69) is 17.2 Å². The van der Waals surface area contributed by atoms with E-state index >= 15 is 0 Å². The zero-order chi connectivity index (χ0) is 18.4. The Bertz CT molecular complexity index is 813. The van der Waals surface area contributed by atoms with Gasteiger partial charge in [-0.05, 0) is 48.9 Å². The third-order valence-electron chi connectivity index (χ3n) is 4.03. The number of hydrogen-bond acceptors (Lipinski definition) is 3. The third-order valence-corrected chi connectivity index (χ3v) is 4.03. The van der Waals surface area contributed by atoms with E-state index in [0.717, 1.165) is 5.75 Å². The molecule has 1 aliphatic carbocycles. The molecule has 2 aromatic carbocycles. The van der Waals surface area contributed by atoms with Crippen molar-refractivity contribution in [3.05, 3.63) is 79.4 Å². The first-order valence-electron chi connectivity index (χ1n) is 8.39. The molecule has 1 aliphatic rings. The molecule has 26 heavy (non-hydrogen) atoms. The fourth-order valence-corrected chi connectivity index (χ4v) is 2.71. The van der Waals surface area contributed by atoms with Crippen molar-refractivity contribution in [2.75, 3.05) is 5.32 Å². The Morgan fingerprint density at radius 2 is 1.69 bits per heavy atom. The number of anilines is 1. The van der Waals surface area contributed by atoms with E-state index in [0.29, 0.717) is 17.9 Å². The molecule has 0 bridgehead atoms. The minimum atomic E-state index is -0.273. The summed E-state index contributed by atoms with van der Waals surface area (Å²) in [7, 11) is 0. The van der Waals surface area contributed by atoms with Crippen LogP contribution in [0.25, 0.3) is 0 Å². The third kappa shape index (κ3) is 4.60. The summed E-state index contributed by atoms with van der Waals surface area (Å²) >= 11 is 0. The lowest BCUT2D eigenvalue weighted by atomic mass is 10.1. The van der Waals surface area contributed by atoms with Gasteiger partial charge in [0.15, 0.2) is 0 Å². The van der Waals surface area contributed by atoms with Crippen molar-refractivity contribution in [2.45, 2.75) is 12.5 Å². The molecule has 0 heterocycles. The maximum Gasteiger partial charge on any atom is 0.243 e. The Hall–Kier alpha value is -3.34. The molecule has 0 saturated carbocycles. The van der Waals surface area contributed by atoms with Crippen molar-refractivity contribution in [3.63, 3.8) is 0 Å². The van der Waals surface area contributed by atoms with Crippen molar-refractivity contribution in [1.29, 1.82) is 0 Å². The van der Waals surface area contributed by atoms with Gasteiger partial charge in [-0.3, -0.25) is 9.59 Å². The van der Waals surface area contributed by atoms with E-state index in [9.17, 15) is 9.59 Å². The van der Waals surface area contributed by atoms with E-state index in [1.807, 2.05) is 42.5 Å². The minimum absolute atomic E-state index is 0.103. The molecule has 2 aromatic rings. The van der Waals surface area contributed by atoms with Gasteiger partial charge in [-0.25, -0.2) is 0 Å². The first kappa shape index (κ1) is 17.5. The Balaban J connectivity index is 1.53. The van der Waals surface area contributed by atoms with Crippen LogP contribution < -0.4 is 15.4 Å². The normalized spacial score (nSPS) is 18.2. The first-order chi connectivity index (χ1) is 12.6. The van der Waals surface area contributed by atoms with Gasteiger partial charge in [-0.2, -0.15) is 0 Å². The van der Waals surface area contributed by atoms with E-state index in [4.69, 9.17) is 4.74 Å². The fourth-order valence-electron chi connectivity index (χ4n) is 2.71. The highest BCUT2D eigenvalue weighted by molar-refractivity contribution is 5.94. The second-order valence-electron chi connectivity index (χ2n) is 5.98. The number of rotatable bonds is 6. The standard InChI is InChI=1S/C21H20N2O3/c1-2-20(24)22-17-9-8-15(14-17)21(25)23-16-10-12-19(13-11-16)26-18-6-4-3-5-7-18/h2-13,15,17H,1,14H2,(H,22,24)(H,23,25)/t15-,17+/m1/s1. The average molecular weight is 348 g/mol. The summed E-state index contributed by atoms with van der Waals surface area (Å²) < 4.78 is 5.73. The van der Waals surface area contributed by atoms with Crippen LogP contribution in [0.5, 0.6) is 11.5 Å². The minimum Gasteiger partial charge on any atom is -0.457 e. The number of carbonyl (C=O) groups excluding carboxylic acids is 2. The molecule has 132 valence electrons. The van der Waals surface area contributed by atoms with Crippen LogP contribution in [-0.4, -0.2) is 17.9 Å². The molecule has 2 atom stereocenters. The van der Waals surface area contributed by atoms with Crippen LogP contribution >= 0.6 is 0 Å². The van der Waals surface area contributed by atoms with E-state index in [1.54, 1.807) is 24.3 Å². The zero-order valence-corrected chi connectivity index (χ0v) is 14.2. The molecule has 2 N–H and O–H groups in total. The lowest BCUT2D eigenvalue weighted by Gasteiger charge is -2.13. The van der Waals surface area contributed by atoms with Crippen molar-refractivity contribution >= 4 is 17.5 Å². The number of amides is 2. The summed E-state index contributed by atoms with van der Waals surface area (Å²) in [6, 6.07) is 16.6. The predicted octanol–water partition coefficient (Wildman–Crippen LogP) is 3.66. The molecule has 0 unspecified atom stereocenters. The summed E-state index contributed by atoms with van der Waals surface area (Å²) in [5, 5.41) is 5.65. The molecule has 0 radical (unpaired) electrons. The van der Waals surface area contributed by atoms with E-state index < -0.39 is 0 Å². The van der Waals surface area contributed by atoms with Crippen LogP contribution in [0.1, 0.15) is 6.42 Å². The van der Waals surface area contributed by atoms with Gasteiger partial charge in [0, 0.05) is 11.7 Å². The molecule has 0 fully saturated rings. The highest BCUT2D eigenvalue weighted by atomic mass is 16.5. The van der Waals surface area contributed by atoms with Gasteiger partial charge in [-0.15, -0.1) is 0 Å². The molecule has 0 spiro atoms. The molecular formula is C21H20N2O3. The van der Waals surface area contributed by atoms with Crippen LogP contribution in [0.3, 0.4) is 0 Å². The second-order valence-corrected chi connectivity index (χ2v) is 5.98. The highest BCUT2D eigenvalue weighted by Gasteiger charge is 2.25. The highest BCUT2D eigenvalue weighted by Crippen LogP contribution is 2.24. The SMILES string of the molecule is C=CC(=O)N[C@H]1C=C[C@@H](C(=O)Nc2ccc(Oc3ccccc3)cc2)C1. The molecule has 2 amide bonds. The van der Waals surface area contributed by atoms with Crippen LogP contribution in [0.4, 0.5) is 5.69 Å². The molecule has 5 heteroatoms. The van der Waals surface area contributed by atoms with E-state index in [-0.39, 0.29) is 23.8 Å². The second kappa shape index (κ2) is 8.16. The number of carbonyl (C=O) groups is 2. The monoisotopic (exact) mass is 348 g/mol. The van der Waals surface area contributed by atoms with Crippen molar-refractivity contribution in [2.24, 2.45) is 5.92 Å². The van der Waals surface area contributed by atoms with Crippen LogP contribution in [0.2, 0.25) is 0 Å². The molecule has 3 rings (SSSR count). The zero-order valence-electron chi connectivity index (χ0n) is 14.2. The smallest absolute Gasteiger partial charge is 0.243 e. The summed E-state index contributed by atoms with van der Waals surface area (Å²) in [6.07, 6.45) is 5.42. The van der Waals surface area contributed by atoms with Crippen LogP contribution in [0.15, 0.2) is 79.4 Å². The Kier molecular flexibility index (Phi) is 5.49. The quantitative estimate of drug-likeness (QED) is 0.618. The Morgan fingerprint density at radius 3 is 2.38 bits per heavy atom. The van der Waals surface area contributed by atoms with Gasteiger partial charge in [0.2, 0.25) is 11.8 Å². The predicted molar refractivity (Wildman–Crippen MR) is 101 cm³/mol. The lowest BCUT2D eigenvalue weighted by Crippen LogP contribution is -2.32. The summed E-state index contributed by atoms with van der Waals surface area (Å²) in [5.41, 5.74) is 0.697. The van der Waals surface area contributed by atoms with Gasteiger partial charge in [-0.1, -0.05) is 36.9 Å². The maximum atomic E-state index is 12.4. The largest absolute Gasteiger partial charge is 0.457 e. The summed E-state index contributed by atoms with van der Waals surface area (Å²) in [5.74, 6) is 0.837. The van der Waals surface area contributed by atoms with Crippen molar-refractivity contribution in [1.82, 2.24) is 5.32 Å². The van der Waals surface area contributed by atoms with Crippen LogP contribution in [0, 0.1) is 5.92 Å². The van der Waals surface area contributed by atoms with Gasteiger partial charge >= 0.3 is 0 Å². The Morgan fingerprint density at radius 1 is 1.00 bits per heavy atom. The summed E-state index contributed by atoms with van der Waals surface area (Å²) in [6.45, 7) is 3.42. The topological polar surface area (TPSA) is 67.4 Å². The molecule has 0 aromatic heterocycles. The van der Waals surface area contributed by atoms with Gasteiger partial charge < -0.3 is 15.4 Å². The number of ether oxygens (including phenoxy) is 1.